The number of pyridine rings is 3. The molecule has 41 heteroatoms. The Bertz CT molecular complexity index is 5730. The standard InChI is InChI=1S/C37H42F3N5O7.C36H39F3N4O8.C25H27F3N4O4/c1-36(2,3)52-35(49)44(21-23-8-12-27(50-5)13-9-23)30-20-24(16-17-42-30)19-29-31(32(46)41-4)45(33(29)47)34(48)43-18-6-7-26(22-43)25-10-14-28(15-11-25)51-37(38,39)40;1-35(2,3)51-34(48)42(20-22-7-11-26(49-4)12-8-22)29-19-23(15-16-40-29)18-28-30(32(45)46)43(31(28)44)33(47)41-17-5-6-25(21-41)24-9-13-27(14-10-24)50-36(37,38)39;1-15-12-16(9-10-30-15)13-20-21(22(33)29-2)32(23(20)34)24(35)31-11-3-4-18(14-31)17-5-7-19(8-6-17)36-25(26,27)28/h8-17,20,26,29,31H,6-7,18-19,21-22H2,1-5H3,(H,41,46);7-16,19,25,28,30H,5-6,17-18,20-21H2,1-4H3,(H,45,46);5-10,12,18,20-21H,3-4,11,13-14H2,1-2H3,(H,29,33)/t26?,29-,31+;25?,28-,30+;18?,20-,21+/m111/s1. The summed E-state index contributed by atoms with van der Waals surface area (Å²) >= 11 is 0. The van der Waals surface area contributed by atoms with Crippen LogP contribution in [0.2, 0.25) is 0 Å². The molecule has 3 unspecified atom stereocenters. The van der Waals surface area contributed by atoms with E-state index in [1.807, 2.05) is 25.1 Å². The second-order valence-electron chi connectivity index (χ2n) is 36.2. The van der Waals surface area contributed by atoms with Crippen LogP contribution in [0.5, 0.6) is 28.7 Å². The molecular formula is C98H108F9N13O19. The first-order valence-corrected chi connectivity index (χ1v) is 44.8. The average Bonchev–Trinajstić information content (AvgIpc) is 0.747. The Kier molecular flexibility index (Phi) is 32.8. The summed E-state index contributed by atoms with van der Waals surface area (Å²) in [6.45, 7) is 14.3. The number of ether oxygens (including phenoxy) is 7. The van der Waals surface area contributed by atoms with Crippen LogP contribution in [0.15, 0.2) is 176 Å². The first kappa shape index (κ1) is 104. The number of likely N-dealkylation sites (tertiary alicyclic amines) is 6. The summed E-state index contributed by atoms with van der Waals surface area (Å²) in [6, 6.07) is 35.7. The number of likely N-dealkylation sites (N-methyl/N-ethyl adjacent to an activating group) is 2. The molecule has 0 aliphatic carbocycles. The van der Waals surface area contributed by atoms with Gasteiger partial charge in [0.1, 0.15) is 63.7 Å². The minimum Gasteiger partial charge on any atom is -0.497 e. The van der Waals surface area contributed by atoms with Crippen LogP contribution < -0.4 is 44.1 Å². The molecule has 0 radical (unpaired) electrons. The van der Waals surface area contributed by atoms with E-state index in [2.05, 4.69) is 39.8 Å². The van der Waals surface area contributed by atoms with Crippen LogP contribution in [0, 0.1) is 24.7 Å². The van der Waals surface area contributed by atoms with E-state index >= 15 is 0 Å². The number of piperidine rings is 3. The van der Waals surface area contributed by atoms with Crippen LogP contribution in [-0.4, -0.2) is 231 Å². The lowest BCUT2D eigenvalue weighted by molar-refractivity contribution is -0.275. The number of β-lactam (4-membered cyclic amide) rings is 3. The lowest BCUT2D eigenvalue weighted by Gasteiger charge is -2.47. The summed E-state index contributed by atoms with van der Waals surface area (Å²) in [7, 11) is 5.99. The van der Waals surface area contributed by atoms with E-state index in [9.17, 15) is 97.4 Å². The van der Waals surface area contributed by atoms with Crippen LogP contribution >= 0.6 is 0 Å². The summed E-state index contributed by atoms with van der Waals surface area (Å²) < 4.78 is 147. The summed E-state index contributed by atoms with van der Waals surface area (Å²) in [5, 5.41) is 15.2. The number of nitrogens with zero attached hydrogens (tertiary/aromatic N) is 11. The van der Waals surface area contributed by atoms with Gasteiger partial charge in [0.05, 0.1) is 45.1 Å². The number of anilines is 2. The molecule has 3 N–H and O–H groups in total. The minimum atomic E-state index is -4.82. The van der Waals surface area contributed by atoms with Gasteiger partial charge in [-0.2, -0.15) is 0 Å². The number of rotatable bonds is 23. The number of hydrogen-bond donors (Lipinski definition) is 3. The van der Waals surface area contributed by atoms with E-state index in [4.69, 9.17) is 18.9 Å². The summed E-state index contributed by atoms with van der Waals surface area (Å²) in [5.74, 6) is -6.18. The van der Waals surface area contributed by atoms with Gasteiger partial charge in [-0.3, -0.25) is 48.6 Å². The Morgan fingerprint density at radius 2 is 0.691 bits per heavy atom. The fourth-order valence-corrected chi connectivity index (χ4v) is 17.5. The predicted octanol–water partition coefficient (Wildman–Crippen LogP) is 15.8. The number of nitrogens with one attached hydrogen (secondary N) is 2. The van der Waals surface area contributed by atoms with Crippen molar-refractivity contribution in [2.75, 3.05) is 77.4 Å². The number of carbonyl (C=O) groups excluding carboxylic acids is 10. The maximum atomic E-state index is 13.8. The molecule has 9 heterocycles. The van der Waals surface area contributed by atoms with Gasteiger partial charge in [0, 0.05) is 95.4 Å². The van der Waals surface area contributed by atoms with Gasteiger partial charge in [-0.25, -0.2) is 43.6 Å². The van der Waals surface area contributed by atoms with Crippen molar-refractivity contribution >= 4 is 77.4 Å². The molecule has 742 valence electrons. The second kappa shape index (κ2) is 44.0. The first-order valence-electron chi connectivity index (χ1n) is 44.8. The molecule has 13 amide bonds. The Balaban J connectivity index is 0.000000190. The molecule has 6 aliphatic heterocycles. The van der Waals surface area contributed by atoms with E-state index < -0.39 is 132 Å². The van der Waals surface area contributed by atoms with Gasteiger partial charge in [-0.1, -0.05) is 60.7 Å². The van der Waals surface area contributed by atoms with Crippen LogP contribution in [-0.2, 0) is 70.6 Å². The number of imide groups is 3. The first-order chi connectivity index (χ1) is 65.7. The number of halogens is 9. The molecule has 14 rings (SSSR count). The fourth-order valence-electron chi connectivity index (χ4n) is 17.5. The number of aromatic nitrogens is 3. The zero-order valence-corrected chi connectivity index (χ0v) is 78.1. The van der Waals surface area contributed by atoms with E-state index in [-0.39, 0.29) is 98.7 Å². The largest absolute Gasteiger partial charge is 0.573 e. The summed E-state index contributed by atoms with van der Waals surface area (Å²) in [5.41, 5.74) is 4.93. The van der Waals surface area contributed by atoms with Gasteiger partial charge in [0.15, 0.2) is 6.04 Å². The SMILES string of the molecule is CNC(=O)[C@@H]1[C@@H](Cc2ccnc(C)c2)C(=O)N1C(=O)N1CCCC(c2ccc(OC(F)(F)F)cc2)C1.CNC(=O)[C@@H]1[C@@H](Cc2ccnc(N(Cc3ccc(OC)cc3)C(=O)OC(C)(C)C)c2)C(=O)N1C(=O)N1CCCC(c2ccc(OC(F)(F)F)cc2)C1.COc1ccc(CN(C(=O)OC(C)(C)C)c2cc(C[C@H]3C(=O)N(C(=O)N4CCCC(c5ccc(OC(F)(F)F)cc5)C4)[C@@H]3C(=O)O)ccn2)cc1. The van der Waals surface area contributed by atoms with Crippen molar-refractivity contribution in [2.45, 2.75) is 186 Å². The molecule has 3 aromatic heterocycles. The number of alkyl halides is 9. The number of carboxylic acids is 1. The molecule has 6 saturated heterocycles. The number of carbonyl (C=O) groups is 11. The van der Waals surface area contributed by atoms with Crippen LogP contribution in [0.4, 0.5) is 75.1 Å². The maximum Gasteiger partial charge on any atom is 0.573 e. The van der Waals surface area contributed by atoms with Gasteiger partial charge in [-0.05, 0) is 248 Å². The maximum absolute atomic E-state index is 13.8. The van der Waals surface area contributed by atoms with E-state index in [0.29, 0.717) is 79.8 Å². The third-order valence-electron chi connectivity index (χ3n) is 24.1. The Labute approximate surface area is 795 Å². The number of aliphatic carboxylic acids is 1. The predicted molar refractivity (Wildman–Crippen MR) is 484 cm³/mol. The molecule has 32 nitrogen and oxygen atoms in total. The molecule has 0 spiro atoms. The molecule has 9 atom stereocenters. The van der Waals surface area contributed by atoms with Gasteiger partial charge in [0.25, 0.3) is 0 Å². The van der Waals surface area contributed by atoms with E-state index in [1.54, 1.807) is 141 Å². The number of amides is 13. The normalized spacial score (nSPS) is 19.9. The fraction of sp³-hybridized carbons (Fsp3) is 0.429. The van der Waals surface area contributed by atoms with E-state index in [1.165, 1.54) is 112 Å². The Morgan fingerprint density at radius 3 is 0.971 bits per heavy atom. The Hall–Kier alpha value is -14.3. The van der Waals surface area contributed by atoms with Crippen LogP contribution in [0.3, 0.4) is 0 Å². The number of hydrogen-bond acceptors (Lipinski definition) is 21. The highest BCUT2D eigenvalue weighted by Crippen LogP contribution is 2.42. The number of urea groups is 3. The van der Waals surface area contributed by atoms with Crippen molar-refractivity contribution in [3.63, 3.8) is 0 Å². The van der Waals surface area contributed by atoms with Crippen LogP contribution in [0.1, 0.15) is 148 Å². The summed E-state index contributed by atoms with van der Waals surface area (Å²) in [6.07, 6.45) is -6.85. The highest BCUT2D eigenvalue weighted by molar-refractivity contribution is 6.10. The number of methoxy groups -OCH3 is 2. The quantitative estimate of drug-likeness (QED) is 0.0395. The molecule has 8 aromatic rings. The molecule has 6 aliphatic rings. The van der Waals surface area contributed by atoms with Crippen molar-refractivity contribution in [3.05, 3.63) is 227 Å². The van der Waals surface area contributed by atoms with Crippen molar-refractivity contribution in [1.82, 2.24) is 55.0 Å². The monoisotopic (exact) mass is 1940 g/mol. The van der Waals surface area contributed by atoms with Gasteiger partial charge in [-0.15, -0.1) is 39.5 Å². The smallest absolute Gasteiger partial charge is 0.497 e. The third-order valence-corrected chi connectivity index (χ3v) is 24.1. The lowest BCUT2D eigenvalue weighted by atomic mass is 9.81. The van der Waals surface area contributed by atoms with Gasteiger partial charge < -0.3 is 63.6 Å². The minimum absolute atomic E-state index is 0.0330. The highest BCUT2D eigenvalue weighted by Gasteiger charge is 2.59. The average molecular weight is 1940 g/mol. The van der Waals surface area contributed by atoms with Crippen LogP contribution in [0.25, 0.3) is 0 Å². The van der Waals surface area contributed by atoms with Gasteiger partial charge >= 0.3 is 55.3 Å². The molecule has 0 saturated carbocycles. The molecule has 5 aromatic carbocycles. The van der Waals surface area contributed by atoms with E-state index in [0.717, 1.165) is 54.6 Å². The van der Waals surface area contributed by atoms with Crippen molar-refractivity contribution in [3.8, 4) is 28.7 Å². The molecular weight excluding hydrogens is 1830 g/mol. The summed E-state index contributed by atoms with van der Waals surface area (Å²) in [4.78, 5) is 169. The van der Waals surface area contributed by atoms with Gasteiger partial charge in [0.2, 0.25) is 29.5 Å². The molecule has 6 fully saturated rings. The van der Waals surface area contributed by atoms with Crippen molar-refractivity contribution in [2.24, 2.45) is 17.8 Å². The number of aryl methyl sites for hydroxylation is 1. The topological polar surface area (TPSA) is 361 Å². The van der Waals surface area contributed by atoms with Crippen molar-refractivity contribution < 1.29 is 131 Å². The third kappa shape index (κ3) is 27.0. The van der Waals surface area contributed by atoms with Crippen molar-refractivity contribution in [1.29, 1.82) is 0 Å². The molecule has 0 bridgehead atoms. The Morgan fingerprint density at radius 1 is 0.403 bits per heavy atom. The number of carboxylic acid groups (broad SMARTS) is 1. The number of benzene rings is 5. The molecule has 139 heavy (non-hydrogen) atoms. The highest BCUT2D eigenvalue weighted by atomic mass is 19.4. The second-order valence-corrected chi connectivity index (χ2v) is 36.2. The zero-order chi connectivity index (χ0) is 101. The lowest BCUT2D eigenvalue weighted by Crippen LogP contribution is -2.70. The zero-order valence-electron chi connectivity index (χ0n) is 78.1.